The van der Waals surface area contributed by atoms with E-state index < -0.39 is 5.97 Å². The summed E-state index contributed by atoms with van der Waals surface area (Å²) in [7, 11) is 0. The Labute approximate surface area is 141 Å². The van der Waals surface area contributed by atoms with E-state index in [0.717, 1.165) is 18.4 Å². The predicted octanol–water partition coefficient (Wildman–Crippen LogP) is 3.49. The van der Waals surface area contributed by atoms with Crippen LogP contribution in [0, 0.1) is 0 Å². The van der Waals surface area contributed by atoms with Crippen LogP contribution in [0.2, 0.25) is 0 Å². The summed E-state index contributed by atoms with van der Waals surface area (Å²) in [5, 5.41) is 11.7. The molecule has 0 aliphatic carbocycles. The highest BCUT2D eigenvalue weighted by atomic mass is 16.5. The number of hydrogen-bond donors (Lipinski definition) is 2. The lowest BCUT2D eigenvalue weighted by atomic mass is 10.1. The normalized spacial score (nSPS) is 10.2. The van der Waals surface area contributed by atoms with Crippen molar-refractivity contribution in [1.82, 2.24) is 5.32 Å². The van der Waals surface area contributed by atoms with Gasteiger partial charge in [0.05, 0.1) is 12.2 Å². The number of amides is 1. The molecule has 0 radical (unpaired) electrons. The molecule has 126 valence electrons. The summed E-state index contributed by atoms with van der Waals surface area (Å²) in [6.07, 6.45) is 2.03. The fourth-order valence-corrected chi connectivity index (χ4v) is 2.11. The molecule has 2 rings (SSSR count). The van der Waals surface area contributed by atoms with Crippen molar-refractivity contribution < 1.29 is 19.4 Å². The first-order valence-electron chi connectivity index (χ1n) is 7.93. The van der Waals surface area contributed by atoms with Gasteiger partial charge < -0.3 is 15.2 Å². The Hall–Kier alpha value is -2.82. The first-order chi connectivity index (χ1) is 11.6. The Morgan fingerprint density at radius 3 is 2.50 bits per heavy atom. The van der Waals surface area contributed by atoms with Crippen LogP contribution in [0.4, 0.5) is 0 Å². The zero-order valence-corrected chi connectivity index (χ0v) is 13.6. The van der Waals surface area contributed by atoms with Gasteiger partial charge in [-0.2, -0.15) is 0 Å². The molecular formula is C19H21NO4. The Morgan fingerprint density at radius 2 is 1.83 bits per heavy atom. The number of rotatable bonds is 8. The Kier molecular flexibility index (Phi) is 6.37. The van der Waals surface area contributed by atoms with Gasteiger partial charge in [-0.25, -0.2) is 4.79 Å². The lowest BCUT2D eigenvalue weighted by Crippen LogP contribution is -2.22. The molecule has 2 aromatic rings. The number of carbonyl (C=O) groups is 2. The van der Waals surface area contributed by atoms with Gasteiger partial charge in [-0.15, -0.1) is 0 Å². The molecule has 2 aromatic carbocycles. The molecule has 0 aromatic heterocycles. The molecule has 2 N–H and O–H groups in total. The predicted molar refractivity (Wildman–Crippen MR) is 91.4 cm³/mol. The molecule has 0 bridgehead atoms. The fraction of sp³-hybridized carbons (Fsp3) is 0.263. The number of unbranched alkanes of at least 4 members (excludes halogenated alkanes) is 1. The third kappa shape index (κ3) is 5.12. The Balaban J connectivity index is 1.92. The molecule has 24 heavy (non-hydrogen) atoms. The monoisotopic (exact) mass is 327 g/mol. The minimum Gasteiger partial charge on any atom is -0.494 e. The van der Waals surface area contributed by atoms with Gasteiger partial charge in [0.2, 0.25) is 0 Å². The minimum atomic E-state index is -0.967. The van der Waals surface area contributed by atoms with Gasteiger partial charge in [0.15, 0.2) is 0 Å². The third-order valence-corrected chi connectivity index (χ3v) is 3.52. The van der Waals surface area contributed by atoms with Gasteiger partial charge in [-0.3, -0.25) is 4.79 Å². The molecule has 5 heteroatoms. The summed E-state index contributed by atoms with van der Waals surface area (Å²) in [4.78, 5) is 23.0. The fourth-order valence-electron chi connectivity index (χ4n) is 2.11. The van der Waals surface area contributed by atoms with E-state index in [2.05, 4.69) is 12.2 Å². The van der Waals surface area contributed by atoms with Crippen LogP contribution >= 0.6 is 0 Å². The SMILES string of the molecule is CCCCOc1cccc(C(=O)NCc2ccc(C(=O)O)cc2)c1. The number of carbonyl (C=O) groups excluding carboxylic acids is 1. The van der Waals surface area contributed by atoms with Crippen LogP contribution in [0.15, 0.2) is 48.5 Å². The minimum absolute atomic E-state index is 0.196. The zero-order valence-electron chi connectivity index (χ0n) is 13.6. The average molecular weight is 327 g/mol. The second-order valence-electron chi connectivity index (χ2n) is 5.41. The smallest absolute Gasteiger partial charge is 0.335 e. The van der Waals surface area contributed by atoms with E-state index in [1.54, 1.807) is 30.3 Å². The molecule has 0 heterocycles. The van der Waals surface area contributed by atoms with Crippen LogP contribution < -0.4 is 10.1 Å². The summed E-state index contributed by atoms with van der Waals surface area (Å²) in [6.45, 7) is 3.06. The van der Waals surface area contributed by atoms with E-state index in [-0.39, 0.29) is 11.5 Å². The topological polar surface area (TPSA) is 75.6 Å². The van der Waals surface area contributed by atoms with Crippen molar-refractivity contribution in [2.45, 2.75) is 26.3 Å². The molecule has 0 saturated carbocycles. The van der Waals surface area contributed by atoms with Gasteiger partial charge in [-0.05, 0) is 42.3 Å². The van der Waals surface area contributed by atoms with Gasteiger partial charge in [0.25, 0.3) is 5.91 Å². The first-order valence-corrected chi connectivity index (χ1v) is 7.93. The van der Waals surface area contributed by atoms with Crippen molar-refractivity contribution in [2.75, 3.05) is 6.61 Å². The van der Waals surface area contributed by atoms with Gasteiger partial charge in [0.1, 0.15) is 5.75 Å². The van der Waals surface area contributed by atoms with E-state index >= 15 is 0 Å². The number of carboxylic acids is 1. The molecule has 0 atom stereocenters. The maximum absolute atomic E-state index is 12.2. The number of nitrogens with one attached hydrogen (secondary N) is 1. The highest BCUT2D eigenvalue weighted by molar-refractivity contribution is 5.94. The summed E-state index contributed by atoms with van der Waals surface area (Å²) < 4.78 is 5.60. The zero-order chi connectivity index (χ0) is 17.4. The average Bonchev–Trinajstić information content (AvgIpc) is 2.60. The van der Waals surface area contributed by atoms with Crippen molar-refractivity contribution in [1.29, 1.82) is 0 Å². The summed E-state index contributed by atoms with van der Waals surface area (Å²) in [5.74, 6) is -0.481. The Bertz CT molecular complexity index is 695. The maximum Gasteiger partial charge on any atom is 0.335 e. The second kappa shape index (κ2) is 8.72. The standard InChI is InChI=1S/C19H21NO4/c1-2-3-11-24-17-6-4-5-16(12-17)18(21)20-13-14-7-9-15(10-8-14)19(22)23/h4-10,12H,2-3,11,13H2,1H3,(H,20,21)(H,22,23). The third-order valence-electron chi connectivity index (χ3n) is 3.52. The molecule has 0 unspecified atom stereocenters. The summed E-state index contributed by atoms with van der Waals surface area (Å²) >= 11 is 0. The van der Waals surface area contributed by atoms with Crippen LogP contribution in [0.3, 0.4) is 0 Å². The number of hydrogen-bond acceptors (Lipinski definition) is 3. The Morgan fingerprint density at radius 1 is 1.08 bits per heavy atom. The van der Waals surface area contributed by atoms with E-state index in [0.29, 0.717) is 24.5 Å². The van der Waals surface area contributed by atoms with Gasteiger partial charge >= 0.3 is 5.97 Å². The van der Waals surface area contributed by atoms with Gasteiger partial charge in [0, 0.05) is 12.1 Å². The largest absolute Gasteiger partial charge is 0.494 e. The van der Waals surface area contributed by atoms with Crippen molar-refractivity contribution in [3.8, 4) is 5.75 Å². The molecular weight excluding hydrogens is 306 g/mol. The number of aromatic carboxylic acids is 1. The maximum atomic E-state index is 12.2. The quantitative estimate of drug-likeness (QED) is 0.728. The van der Waals surface area contributed by atoms with Gasteiger partial charge in [-0.1, -0.05) is 31.5 Å². The highest BCUT2D eigenvalue weighted by Crippen LogP contribution is 2.14. The van der Waals surface area contributed by atoms with Crippen LogP contribution in [0.25, 0.3) is 0 Å². The number of carboxylic acid groups (broad SMARTS) is 1. The van der Waals surface area contributed by atoms with Crippen molar-refractivity contribution in [2.24, 2.45) is 0 Å². The molecule has 0 spiro atoms. The van der Waals surface area contributed by atoms with E-state index in [4.69, 9.17) is 9.84 Å². The lowest BCUT2D eigenvalue weighted by Gasteiger charge is -2.09. The van der Waals surface area contributed by atoms with Crippen molar-refractivity contribution >= 4 is 11.9 Å². The molecule has 0 aliphatic rings. The van der Waals surface area contributed by atoms with Crippen molar-refractivity contribution in [3.63, 3.8) is 0 Å². The number of benzene rings is 2. The van der Waals surface area contributed by atoms with Crippen molar-refractivity contribution in [3.05, 3.63) is 65.2 Å². The van der Waals surface area contributed by atoms with Crippen LogP contribution in [0.1, 0.15) is 46.0 Å². The molecule has 0 saturated heterocycles. The molecule has 1 amide bonds. The summed E-state index contributed by atoms with van der Waals surface area (Å²) in [5.41, 5.74) is 1.59. The van der Waals surface area contributed by atoms with Crippen LogP contribution in [0.5, 0.6) is 5.75 Å². The molecule has 5 nitrogen and oxygen atoms in total. The van der Waals surface area contributed by atoms with Crippen LogP contribution in [-0.2, 0) is 6.54 Å². The lowest BCUT2D eigenvalue weighted by molar-refractivity contribution is 0.0696. The molecule has 0 aliphatic heterocycles. The number of ether oxygens (including phenoxy) is 1. The molecule has 0 fully saturated rings. The van der Waals surface area contributed by atoms with E-state index in [1.807, 2.05) is 6.07 Å². The highest BCUT2D eigenvalue weighted by Gasteiger charge is 2.07. The first kappa shape index (κ1) is 17.5. The van der Waals surface area contributed by atoms with E-state index in [1.165, 1.54) is 12.1 Å². The van der Waals surface area contributed by atoms with Crippen LogP contribution in [-0.4, -0.2) is 23.6 Å². The summed E-state index contributed by atoms with van der Waals surface area (Å²) in [6, 6.07) is 13.5. The second-order valence-corrected chi connectivity index (χ2v) is 5.41. The van der Waals surface area contributed by atoms with E-state index in [9.17, 15) is 9.59 Å².